The van der Waals surface area contributed by atoms with Crippen molar-refractivity contribution in [1.82, 2.24) is 9.88 Å². The third-order valence-electron chi connectivity index (χ3n) is 6.09. The van der Waals surface area contributed by atoms with E-state index < -0.39 is 0 Å². The van der Waals surface area contributed by atoms with Crippen LogP contribution in [0.15, 0.2) is 48.7 Å². The lowest BCUT2D eigenvalue weighted by Gasteiger charge is -2.39. The van der Waals surface area contributed by atoms with E-state index in [0.29, 0.717) is 17.9 Å². The molecule has 5 nitrogen and oxygen atoms in total. The molecule has 2 atom stereocenters. The molecule has 2 saturated heterocycles. The Morgan fingerprint density at radius 1 is 1.14 bits per heavy atom. The summed E-state index contributed by atoms with van der Waals surface area (Å²) in [4.78, 5) is 21.6. The van der Waals surface area contributed by atoms with Gasteiger partial charge in [0.2, 0.25) is 5.91 Å². The van der Waals surface area contributed by atoms with Crippen LogP contribution in [0.4, 0.5) is 5.82 Å². The van der Waals surface area contributed by atoms with Crippen LogP contribution in [0.5, 0.6) is 0 Å². The minimum Gasteiger partial charge on any atom is -0.353 e. The highest BCUT2D eigenvalue weighted by atomic mass is 16.2. The van der Waals surface area contributed by atoms with Crippen molar-refractivity contribution in [2.75, 3.05) is 24.5 Å². The number of carbonyl (C=O) groups excluding carboxylic acids is 1. The Hall–Kier alpha value is -2.87. The van der Waals surface area contributed by atoms with Gasteiger partial charge in [0, 0.05) is 32.3 Å². The zero-order chi connectivity index (χ0) is 19.3. The number of benzene rings is 1. The van der Waals surface area contributed by atoms with E-state index in [0.717, 1.165) is 51.1 Å². The first-order chi connectivity index (χ1) is 13.8. The first kappa shape index (κ1) is 18.5. The molecule has 0 saturated carbocycles. The molecule has 2 fully saturated rings. The second-order valence-electron chi connectivity index (χ2n) is 7.76. The zero-order valence-corrected chi connectivity index (χ0v) is 16.1. The predicted octanol–water partition coefficient (Wildman–Crippen LogP) is 3.40. The minimum atomic E-state index is 0.242. The number of amides is 1. The lowest BCUT2D eigenvalue weighted by atomic mass is 9.92. The molecule has 0 aliphatic carbocycles. The first-order valence-corrected chi connectivity index (χ1v) is 10.2. The number of anilines is 1. The van der Waals surface area contributed by atoms with Crippen molar-refractivity contribution in [3.8, 4) is 6.07 Å². The number of hydrogen-bond acceptors (Lipinski definition) is 4. The quantitative estimate of drug-likeness (QED) is 0.805. The van der Waals surface area contributed by atoms with Crippen LogP contribution in [0, 0.1) is 17.2 Å². The molecule has 0 N–H and O–H groups in total. The summed E-state index contributed by atoms with van der Waals surface area (Å²) in [5.74, 6) is 1.60. The van der Waals surface area contributed by atoms with Gasteiger partial charge in [-0.05, 0) is 49.3 Å². The summed E-state index contributed by atoms with van der Waals surface area (Å²) >= 11 is 0. The molecule has 2 aromatic rings. The number of aryl methyl sites for hydroxylation is 1. The molecule has 1 aromatic carbocycles. The van der Waals surface area contributed by atoms with Crippen molar-refractivity contribution in [2.24, 2.45) is 5.92 Å². The Morgan fingerprint density at radius 2 is 1.96 bits per heavy atom. The molecule has 1 amide bonds. The first-order valence-electron chi connectivity index (χ1n) is 10.2. The molecule has 144 valence electrons. The average Bonchev–Trinajstić information content (AvgIpc) is 3.17. The summed E-state index contributed by atoms with van der Waals surface area (Å²) in [6.45, 7) is 2.55. The van der Waals surface area contributed by atoms with Gasteiger partial charge in [0.05, 0.1) is 11.6 Å². The van der Waals surface area contributed by atoms with E-state index in [9.17, 15) is 10.1 Å². The van der Waals surface area contributed by atoms with Crippen molar-refractivity contribution in [1.29, 1.82) is 5.26 Å². The second-order valence-corrected chi connectivity index (χ2v) is 7.76. The smallest absolute Gasteiger partial charge is 0.222 e. The molecule has 5 heteroatoms. The summed E-state index contributed by atoms with van der Waals surface area (Å²) in [5.41, 5.74) is 1.90. The van der Waals surface area contributed by atoms with Gasteiger partial charge in [-0.2, -0.15) is 5.26 Å². The minimum absolute atomic E-state index is 0.242. The van der Waals surface area contributed by atoms with Crippen LogP contribution >= 0.6 is 0 Å². The SMILES string of the molecule is N#Cc1cccnc1N1CCC2CCN(C(=O)CCCc3ccccc3)C2C1. The Bertz CT molecular complexity index is 860. The van der Waals surface area contributed by atoms with Gasteiger partial charge in [0.25, 0.3) is 0 Å². The summed E-state index contributed by atoms with van der Waals surface area (Å²) in [5, 5.41) is 9.39. The topological polar surface area (TPSA) is 60.2 Å². The Balaban J connectivity index is 1.38. The molecule has 1 aromatic heterocycles. The van der Waals surface area contributed by atoms with Crippen LogP contribution in [0.25, 0.3) is 0 Å². The highest BCUT2D eigenvalue weighted by Crippen LogP contribution is 2.34. The zero-order valence-electron chi connectivity index (χ0n) is 16.1. The molecule has 2 unspecified atom stereocenters. The summed E-state index contributed by atoms with van der Waals surface area (Å²) < 4.78 is 0. The highest BCUT2D eigenvalue weighted by molar-refractivity contribution is 5.77. The number of hydrogen-bond donors (Lipinski definition) is 0. The fraction of sp³-hybridized carbons (Fsp3) is 0.435. The number of likely N-dealkylation sites (tertiary alicyclic amines) is 1. The number of nitrogens with zero attached hydrogens (tertiary/aromatic N) is 4. The molecule has 28 heavy (non-hydrogen) atoms. The van der Waals surface area contributed by atoms with Crippen LogP contribution in [0.1, 0.15) is 36.8 Å². The van der Waals surface area contributed by atoms with Gasteiger partial charge in [-0.1, -0.05) is 30.3 Å². The molecule has 2 aliphatic rings. The lowest BCUT2D eigenvalue weighted by Crippen LogP contribution is -2.50. The van der Waals surface area contributed by atoms with E-state index in [4.69, 9.17) is 0 Å². The van der Waals surface area contributed by atoms with E-state index >= 15 is 0 Å². The molecule has 3 heterocycles. The van der Waals surface area contributed by atoms with Crippen LogP contribution in [0.2, 0.25) is 0 Å². The lowest BCUT2D eigenvalue weighted by molar-refractivity contribution is -0.132. The van der Waals surface area contributed by atoms with E-state index in [2.05, 4.69) is 33.0 Å². The van der Waals surface area contributed by atoms with Crippen molar-refractivity contribution < 1.29 is 4.79 Å². The second kappa shape index (κ2) is 8.43. The molecular formula is C23H26N4O. The third-order valence-corrected chi connectivity index (χ3v) is 6.09. The summed E-state index contributed by atoms with van der Waals surface area (Å²) in [6, 6.07) is 16.5. The van der Waals surface area contributed by atoms with Crippen molar-refractivity contribution in [3.05, 3.63) is 59.8 Å². The van der Waals surface area contributed by atoms with Crippen LogP contribution in [-0.4, -0.2) is 41.5 Å². The van der Waals surface area contributed by atoms with Gasteiger partial charge in [-0.3, -0.25) is 4.79 Å². The van der Waals surface area contributed by atoms with Gasteiger partial charge in [-0.15, -0.1) is 0 Å². The molecule has 4 rings (SSSR count). The molecule has 0 radical (unpaired) electrons. The largest absolute Gasteiger partial charge is 0.353 e. The van der Waals surface area contributed by atoms with E-state index in [1.807, 2.05) is 24.3 Å². The fourth-order valence-electron chi connectivity index (χ4n) is 4.61. The van der Waals surface area contributed by atoms with E-state index in [1.54, 1.807) is 12.3 Å². The van der Waals surface area contributed by atoms with Crippen LogP contribution in [-0.2, 0) is 11.2 Å². The van der Waals surface area contributed by atoms with Crippen LogP contribution in [0.3, 0.4) is 0 Å². The number of rotatable bonds is 5. The number of aromatic nitrogens is 1. The standard InChI is InChI=1S/C23H26N4O/c24-16-20-9-5-13-25-23(20)26-14-11-19-12-15-27(21(19)17-26)22(28)10-4-8-18-6-2-1-3-7-18/h1-3,5-7,9,13,19,21H,4,8,10-12,14-15,17H2. The predicted molar refractivity (Wildman–Crippen MR) is 109 cm³/mol. The normalized spacial score (nSPS) is 21.2. The molecule has 0 spiro atoms. The Kier molecular flexibility index (Phi) is 5.57. The monoisotopic (exact) mass is 374 g/mol. The molecule has 0 bridgehead atoms. The van der Waals surface area contributed by atoms with Crippen molar-refractivity contribution in [3.63, 3.8) is 0 Å². The van der Waals surface area contributed by atoms with Crippen molar-refractivity contribution >= 4 is 11.7 Å². The fourth-order valence-corrected chi connectivity index (χ4v) is 4.61. The number of carbonyl (C=O) groups is 1. The maximum Gasteiger partial charge on any atom is 0.222 e. The van der Waals surface area contributed by atoms with Gasteiger partial charge in [-0.25, -0.2) is 4.98 Å². The van der Waals surface area contributed by atoms with Crippen molar-refractivity contribution in [2.45, 2.75) is 38.1 Å². The maximum absolute atomic E-state index is 12.9. The number of fused-ring (bicyclic) bond motifs is 1. The van der Waals surface area contributed by atoms with Gasteiger partial charge in [0.1, 0.15) is 11.9 Å². The van der Waals surface area contributed by atoms with Gasteiger partial charge in [0.15, 0.2) is 0 Å². The Morgan fingerprint density at radius 3 is 2.79 bits per heavy atom. The van der Waals surface area contributed by atoms with Crippen LogP contribution < -0.4 is 4.90 Å². The average molecular weight is 374 g/mol. The third kappa shape index (κ3) is 3.87. The number of pyridine rings is 1. The van der Waals surface area contributed by atoms with E-state index in [1.165, 1.54) is 5.56 Å². The Labute approximate surface area is 166 Å². The number of nitriles is 1. The van der Waals surface area contributed by atoms with Gasteiger partial charge < -0.3 is 9.80 Å². The van der Waals surface area contributed by atoms with Gasteiger partial charge >= 0.3 is 0 Å². The van der Waals surface area contributed by atoms with E-state index in [-0.39, 0.29) is 11.9 Å². The molecular weight excluding hydrogens is 348 g/mol. The maximum atomic E-state index is 12.9. The highest BCUT2D eigenvalue weighted by Gasteiger charge is 2.40. The summed E-state index contributed by atoms with van der Waals surface area (Å²) in [7, 11) is 0. The molecule has 2 aliphatic heterocycles. The summed E-state index contributed by atoms with van der Waals surface area (Å²) in [6.07, 6.45) is 6.32. The number of piperidine rings is 1.